The first-order valence-electron chi connectivity index (χ1n) is 10.9. The van der Waals surface area contributed by atoms with Gasteiger partial charge in [-0.05, 0) is 39.7 Å². The van der Waals surface area contributed by atoms with Crippen molar-refractivity contribution in [1.29, 1.82) is 0 Å². The van der Waals surface area contributed by atoms with Gasteiger partial charge >= 0.3 is 0 Å². The highest BCUT2D eigenvalue weighted by Gasteiger charge is 2.28. The number of fused-ring (bicyclic) bond motifs is 1. The molecule has 1 saturated carbocycles. The third-order valence-electron chi connectivity index (χ3n) is 6.48. The van der Waals surface area contributed by atoms with Crippen LogP contribution >= 0.6 is 0 Å². The lowest BCUT2D eigenvalue weighted by molar-refractivity contribution is -0.125. The molecule has 0 aromatic carbocycles. The fourth-order valence-electron chi connectivity index (χ4n) is 4.73. The summed E-state index contributed by atoms with van der Waals surface area (Å²) in [5.41, 5.74) is 1.29. The maximum atomic E-state index is 12.8. The van der Waals surface area contributed by atoms with Crippen molar-refractivity contribution in [3.05, 3.63) is 12.0 Å². The zero-order chi connectivity index (χ0) is 20.2. The Morgan fingerprint density at radius 2 is 2.07 bits per heavy atom. The molecule has 4 rings (SSSR count). The maximum Gasteiger partial charge on any atom is 0.263 e. The monoisotopic (exact) mass is 400 g/mol. The van der Waals surface area contributed by atoms with Crippen molar-refractivity contribution < 1.29 is 9.32 Å². The number of nitrogens with zero attached hydrogens (tertiary/aromatic N) is 5. The highest BCUT2D eigenvalue weighted by atomic mass is 16.5. The average Bonchev–Trinajstić information content (AvgIpc) is 3.15. The summed E-state index contributed by atoms with van der Waals surface area (Å²) in [6, 6.07) is 0.679. The minimum atomic E-state index is -0.0195. The molecule has 158 valence electrons. The fourth-order valence-corrected chi connectivity index (χ4v) is 4.73. The molecule has 2 aromatic rings. The molecule has 2 aromatic heterocycles. The Labute approximate surface area is 172 Å². The van der Waals surface area contributed by atoms with E-state index in [1.54, 1.807) is 0 Å². The minimum absolute atomic E-state index is 0.0195. The van der Waals surface area contributed by atoms with Gasteiger partial charge < -0.3 is 19.6 Å². The van der Waals surface area contributed by atoms with E-state index in [1.807, 2.05) is 6.92 Å². The molecule has 1 unspecified atom stereocenters. The van der Waals surface area contributed by atoms with E-state index in [2.05, 4.69) is 37.3 Å². The topological polar surface area (TPSA) is 87.4 Å². The van der Waals surface area contributed by atoms with Crippen LogP contribution in [0.15, 0.2) is 10.9 Å². The molecule has 1 aliphatic carbocycles. The third kappa shape index (κ3) is 4.52. The van der Waals surface area contributed by atoms with Gasteiger partial charge in [0.2, 0.25) is 5.91 Å². The van der Waals surface area contributed by atoms with Gasteiger partial charge in [0.1, 0.15) is 17.5 Å². The average molecular weight is 401 g/mol. The van der Waals surface area contributed by atoms with E-state index in [0.717, 1.165) is 42.8 Å². The second kappa shape index (κ2) is 9.07. The Morgan fingerprint density at radius 1 is 1.24 bits per heavy atom. The van der Waals surface area contributed by atoms with Crippen molar-refractivity contribution in [2.45, 2.75) is 57.9 Å². The van der Waals surface area contributed by atoms with Gasteiger partial charge in [-0.2, -0.15) is 4.98 Å². The number of anilines is 1. The molecule has 1 aliphatic heterocycles. The fraction of sp³-hybridized carbons (Fsp3) is 0.714. The standard InChI is InChI=1S/C21H32N6O2/c1-15-18-19(23-14-24-21(18)29-25-15)27-11-6-7-16(13-27)20(28)22-10-12-26(2)17-8-4-3-5-9-17/h14,16-17H,3-13H2,1-2H3,(H,22,28). The number of nitrogens with one attached hydrogen (secondary N) is 1. The second-order valence-electron chi connectivity index (χ2n) is 8.49. The summed E-state index contributed by atoms with van der Waals surface area (Å²) in [7, 11) is 2.19. The van der Waals surface area contributed by atoms with Crippen LogP contribution in [-0.4, -0.2) is 65.2 Å². The number of likely N-dealkylation sites (N-methyl/N-ethyl adjacent to an activating group) is 1. The second-order valence-corrected chi connectivity index (χ2v) is 8.49. The molecule has 1 amide bonds. The lowest BCUT2D eigenvalue weighted by Crippen LogP contribution is -2.45. The molecule has 1 N–H and O–H groups in total. The zero-order valence-electron chi connectivity index (χ0n) is 17.6. The van der Waals surface area contributed by atoms with Crippen molar-refractivity contribution in [2.75, 3.05) is 38.1 Å². The van der Waals surface area contributed by atoms with Gasteiger partial charge in [-0.1, -0.05) is 24.4 Å². The number of hydrogen-bond donors (Lipinski definition) is 1. The summed E-state index contributed by atoms with van der Waals surface area (Å²) in [5.74, 6) is 0.955. The SMILES string of the molecule is Cc1noc2ncnc(N3CCCC(C(=O)NCCN(C)C4CCCCC4)C3)c12. The van der Waals surface area contributed by atoms with Crippen molar-refractivity contribution in [2.24, 2.45) is 5.92 Å². The Morgan fingerprint density at radius 3 is 2.90 bits per heavy atom. The first kappa shape index (κ1) is 20.1. The quantitative estimate of drug-likeness (QED) is 0.797. The molecule has 8 nitrogen and oxygen atoms in total. The molecule has 2 fully saturated rings. The van der Waals surface area contributed by atoms with Crippen LogP contribution in [-0.2, 0) is 4.79 Å². The Kier molecular flexibility index (Phi) is 6.28. The number of hydrogen-bond acceptors (Lipinski definition) is 7. The van der Waals surface area contributed by atoms with Gasteiger partial charge in [0.05, 0.1) is 11.6 Å². The van der Waals surface area contributed by atoms with Gasteiger partial charge in [-0.15, -0.1) is 0 Å². The van der Waals surface area contributed by atoms with E-state index in [9.17, 15) is 4.79 Å². The van der Waals surface area contributed by atoms with E-state index in [0.29, 0.717) is 24.8 Å². The maximum absolute atomic E-state index is 12.8. The molecule has 8 heteroatoms. The van der Waals surface area contributed by atoms with Gasteiger partial charge in [-0.25, -0.2) is 4.98 Å². The Hall–Kier alpha value is -2.22. The minimum Gasteiger partial charge on any atom is -0.355 e. The summed E-state index contributed by atoms with van der Waals surface area (Å²) in [6.07, 6.45) is 10.0. The van der Waals surface area contributed by atoms with Crippen LogP contribution in [0.4, 0.5) is 5.82 Å². The molecule has 0 radical (unpaired) electrons. The predicted molar refractivity (Wildman–Crippen MR) is 112 cm³/mol. The van der Waals surface area contributed by atoms with Crippen molar-refractivity contribution >= 4 is 22.8 Å². The Bertz CT molecular complexity index is 832. The number of amides is 1. The number of aryl methyl sites for hydroxylation is 1. The summed E-state index contributed by atoms with van der Waals surface area (Å²) in [4.78, 5) is 26.0. The van der Waals surface area contributed by atoms with Gasteiger partial charge in [-0.3, -0.25) is 4.79 Å². The summed E-state index contributed by atoms with van der Waals surface area (Å²) in [6.45, 7) is 5.08. The van der Waals surface area contributed by atoms with E-state index in [1.165, 1.54) is 38.4 Å². The first-order chi connectivity index (χ1) is 14.1. The largest absolute Gasteiger partial charge is 0.355 e. The van der Waals surface area contributed by atoms with Gasteiger partial charge in [0, 0.05) is 32.2 Å². The summed E-state index contributed by atoms with van der Waals surface area (Å²) >= 11 is 0. The van der Waals surface area contributed by atoms with Gasteiger partial charge in [0.25, 0.3) is 5.71 Å². The lowest BCUT2D eigenvalue weighted by Gasteiger charge is -2.33. The molecular formula is C21H32N6O2. The molecule has 0 bridgehead atoms. The van der Waals surface area contributed by atoms with E-state index in [4.69, 9.17) is 4.52 Å². The van der Waals surface area contributed by atoms with Crippen LogP contribution in [0, 0.1) is 12.8 Å². The van der Waals surface area contributed by atoms with E-state index in [-0.39, 0.29) is 11.8 Å². The lowest BCUT2D eigenvalue weighted by atomic mass is 9.94. The van der Waals surface area contributed by atoms with Gasteiger partial charge in [0.15, 0.2) is 0 Å². The normalized spacial score (nSPS) is 21.1. The van der Waals surface area contributed by atoms with Crippen LogP contribution in [0.2, 0.25) is 0 Å². The number of carbonyl (C=O) groups excluding carboxylic acids is 1. The first-order valence-corrected chi connectivity index (χ1v) is 10.9. The van der Waals surface area contributed by atoms with Crippen LogP contribution in [0.1, 0.15) is 50.6 Å². The third-order valence-corrected chi connectivity index (χ3v) is 6.48. The Balaban J connectivity index is 1.32. The molecule has 0 spiro atoms. The zero-order valence-corrected chi connectivity index (χ0v) is 17.6. The highest BCUT2D eigenvalue weighted by molar-refractivity contribution is 5.88. The van der Waals surface area contributed by atoms with E-state index < -0.39 is 0 Å². The molecule has 29 heavy (non-hydrogen) atoms. The predicted octanol–water partition coefficient (Wildman–Crippen LogP) is 2.52. The van der Waals surface area contributed by atoms with Crippen LogP contribution in [0.25, 0.3) is 11.1 Å². The molecule has 1 saturated heterocycles. The van der Waals surface area contributed by atoms with Crippen LogP contribution in [0.5, 0.6) is 0 Å². The highest BCUT2D eigenvalue weighted by Crippen LogP contribution is 2.29. The number of aromatic nitrogens is 3. The molecule has 1 atom stereocenters. The molecular weight excluding hydrogens is 368 g/mol. The van der Waals surface area contributed by atoms with Crippen LogP contribution < -0.4 is 10.2 Å². The number of carbonyl (C=O) groups is 1. The molecule has 3 heterocycles. The smallest absolute Gasteiger partial charge is 0.263 e. The summed E-state index contributed by atoms with van der Waals surface area (Å²) in [5, 5.41) is 8.03. The van der Waals surface area contributed by atoms with Crippen molar-refractivity contribution in [3.63, 3.8) is 0 Å². The van der Waals surface area contributed by atoms with Crippen molar-refractivity contribution in [1.82, 2.24) is 25.3 Å². The van der Waals surface area contributed by atoms with Crippen LogP contribution in [0.3, 0.4) is 0 Å². The molecule has 2 aliphatic rings. The number of rotatable bonds is 6. The summed E-state index contributed by atoms with van der Waals surface area (Å²) < 4.78 is 5.27. The number of piperidine rings is 1. The van der Waals surface area contributed by atoms with Crippen molar-refractivity contribution in [3.8, 4) is 0 Å². The van der Waals surface area contributed by atoms with E-state index >= 15 is 0 Å².